The predicted octanol–water partition coefficient (Wildman–Crippen LogP) is 4.99. The van der Waals surface area contributed by atoms with Gasteiger partial charge in [-0.25, -0.2) is 0 Å². The molecule has 0 saturated carbocycles. The van der Waals surface area contributed by atoms with Crippen LogP contribution in [-0.4, -0.2) is 5.11 Å². The molecular formula is C18H15NO2S. The summed E-state index contributed by atoms with van der Waals surface area (Å²) in [4.78, 5) is 0. The van der Waals surface area contributed by atoms with Gasteiger partial charge in [-0.3, -0.25) is 0 Å². The van der Waals surface area contributed by atoms with Crippen molar-refractivity contribution in [1.29, 1.82) is 0 Å². The monoisotopic (exact) mass is 309 g/mol. The fourth-order valence-corrected chi connectivity index (χ4v) is 2.34. The van der Waals surface area contributed by atoms with Crippen LogP contribution in [0.15, 0.2) is 71.3 Å². The van der Waals surface area contributed by atoms with Gasteiger partial charge in [0.1, 0.15) is 0 Å². The first-order valence-electron chi connectivity index (χ1n) is 6.93. The van der Waals surface area contributed by atoms with Crippen molar-refractivity contribution in [1.82, 2.24) is 0 Å². The minimum absolute atomic E-state index is 0.0194. The zero-order valence-electron chi connectivity index (χ0n) is 11.8. The van der Waals surface area contributed by atoms with E-state index in [1.807, 2.05) is 30.3 Å². The normalized spacial score (nSPS) is 10.4. The summed E-state index contributed by atoms with van der Waals surface area (Å²) in [5.41, 5.74) is 3.29. The Bertz CT molecular complexity index is 810. The molecule has 2 N–H and O–H groups in total. The summed E-state index contributed by atoms with van der Waals surface area (Å²) < 4.78 is 5.67. The summed E-state index contributed by atoms with van der Waals surface area (Å²) >= 11 is 5.01. The highest BCUT2D eigenvalue weighted by Crippen LogP contribution is 2.23. The molecule has 4 heteroatoms. The molecule has 1 heterocycles. The van der Waals surface area contributed by atoms with Gasteiger partial charge >= 0.3 is 0 Å². The van der Waals surface area contributed by atoms with Crippen LogP contribution in [0, 0.1) is 4.51 Å². The fourth-order valence-electron chi connectivity index (χ4n) is 2.17. The van der Waals surface area contributed by atoms with E-state index < -0.39 is 0 Å². The second kappa shape index (κ2) is 6.45. The topological polar surface area (TPSA) is 45.4 Å². The summed E-state index contributed by atoms with van der Waals surface area (Å²) in [6.07, 6.45) is 1.48. The first-order valence-corrected chi connectivity index (χ1v) is 7.34. The van der Waals surface area contributed by atoms with Gasteiger partial charge in [0.2, 0.25) is 0 Å². The van der Waals surface area contributed by atoms with Crippen LogP contribution < -0.4 is 5.32 Å². The third kappa shape index (κ3) is 3.18. The van der Waals surface area contributed by atoms with Crippen molar-refractivity contribution in [3.8, 4) is 16.9 Å². The van der Waals surface area contributed by atoms with Gasteiger partial charge in [-0.1, -0.05) is 54.7 Å². The Morgan fingerprint density at radius 1 is 0.909 bits per heavy atom. The number of hydrogen-bond acceptors (Lipinski definition) is 4. The quantitative estimate of drug-likeness (QED) is 0.666. The molecule has 0 unspecified atom stereocenters. The highest BCUT2D eigenvalue weighted by Gasteiger charge is 2.05. The fraction of sp³-hybridized carbons (Fsp3) is 0.0556. The Morgan fingerprint density at radius 3 is 2.32 bits per heavy atom. The standard InChI is InChI=1S/C18H15NO2S/c20-18-16(21-11-10-17(18)22)12-19-15-8-6-14(7-9-15)13-4-2-1-3-5-13/h1-11,19-20H,12H2. The highest BCUT2D eigenvalue weighted by molar-refractivity contribution is 7.71. The van der Waals surface area contributed by atoms with Crippen molar-refractivity contribution in [3.05, 3.63) is 77.2 Å². The molecule has 0 bridgehead atoms. The van der Waals surface area contributed by atoms with Gasteiger partial charge in [0.25, 0.3) is 0 Å². The SMILES string of the molecule is Oc1c(CNc2ccc(-c3ccccc3)cc2)occc1=S. The third-order valence-corrected chi connectivity index (χ3v) is 3.70. The molecule has 2 aromatic carbocycles. The van der Waals surface area contributed by atoms with Gasteiger partial charge in [-0.2, -0.15) is 0 Å². The lowest BCUT2D eigenvalue weighted by molar-refractivity contribution is 0.406. The average molecular weight is 309 g/mol. The van der Waals surface area contributed by atoms with Gasteiger partial charge in [0, 0.05) is 5.69 Å². The van der Waals surface area contributed by atoms with Crippen LogP contribution >= 0.6 is 12.2 Å². The molecule has 110 valence electrons. The van der Waals surface area contributed by atoms with E-state index >= 15 is 0 Å². The number of rotatable bonds is 4. The maximum Gasteiger partial charge on any atom is 0.174 e. The molecule has 0 radical (unpaired) electrons. The summed E-state index contributed by atoms with van der Waals surface area (Å²) in [7, 11) is 0. The van der Waals surface area contributed by atoms with E-state index in [1.54, 1.807) is 6.07 Å². The lowest BCUT2D eigenvalue weighted by Gasteiger charge is -2.08. The number of nitrogens with one attached hydrogen (secondary N) is 1. The van der Waals surface area contributed by atoms with Gasteiger partial charge in [0.15, 0.2) is 11.5 Å². The molecule has 3 nitrogen and oxygen atoms in total. The Kier molecular flexibility index (Phi) is 4.21. The van der Waals surface area contributed by atoms with Gasteiger partial charge in [0.05, 0.1) is 17.3 Å². The van der Waals surface area contributed by atoms with Crippen molar-refractivity contribution in [3.63, 3.8) is 0 Å². The highest BCUT2D eigenvalue weighted by atomic mass is 32.1. The molecule has 1 aromatic heterocycles. The molecule has 0 aliphatic rings. The van der Waals surface area contributed by atoms with E-state index in [1.165, 1.54) is 11.8 Å². The van der Waals surface area contributed by atoms with E-state index in [0.29, 0.717) is 16.8 Å². The maximum absolute atomic E-state index is 9.83. The summed E-state index contributed by atoms with van der Waals surface area (Å²) in [5, 5.41) is 13.0. The van der Waals surface area contributed by atoms with E-state index in [9.17, 15) is 5.11 Å². The van der Waals surface area contributed by atoms with E-state index in [4.69, 9.17) is 16.6 Å². The van der Waals surface area contributed by atoms with Crippen molar-refractivity contribution in [2.75, 3.05) is 5.32 Å². The Balaban J connectivity index is 1.72. The second-order valence-corrected chi connectivity index (χ2v) is 5.29. The van der Waals surface area contributed by atoms with Crippen LogP contribution in [-0.2, 0) is 6.54 Å². The van der Waals surface area contributed by atoms with Crippen LogP contribution in [0.4, 0.5) is 5.69 Å². The smallest absolute Gasteiger partial charge is 0.174 e. The van der Waals surface area contributed by atoms with Crippen molar-refractivity contribution < 1.29 is 9.52 Å². The molecule has 22 heavy (non-hydrogen) atoms. The number of aromatic hydroxyl groups is 1. The number of benzene rings is 2. The first-order chi connectivity index (χ1) is 10.7. The van der Waals surface area contributed by atoms with E-state index in [2.05, 4.69) is 29.6 Å². The minimum atomic E-state index is 0.0194. The lowest BCUT2D eigenvalue weighted by Crippen LogP contribution is -1.99. The zero-order valence-corrected chi connectivity index (χ0v) is 12.6. The third-order valence-electron chi connectivity index (χ3n) is 3.37. The minimum Gasteiger partial charge on any atom is -0.503 e. The van der Waals surface area contributed by atoms with Crippen molar-refractivity contribution in [2.24, 2.45) is 0 Å². The summed E-state index contributed by atoms with van der Waals surface area (Å²) in [6, 6.07) is 19.9. The average Bonchev–Trinajstić information content (AvgIpc) is 2.57. The Morgan fingerprint density at radius 2 is 1.59 bits per heavy atom. The molecule has 0 saturated heterocycles. The number of hydrogen-bond donors (Lipinski definition) is 2. The Hall–Kier alpha value is -2.59. The predicted molar refractivity (Wildman–Crippen MR) is 90.4 cm³/mol. The van der Waals surface area contributed by atoms with Crippen LogP contribution in [0.5, 0.6) is 5.75 Å². The molecule has 0 aliphatic carbocycles. The second-order valence-electron chi connectivity index (χ2n) is 4.85. The number of anilines is 1. The molecule has 0 spiro atoms. The van der Waals surface area contributed by atoms with Crippen molar-refractivity contribution in [2.45, 2.75) is 6.54 Å². The van der Waals surface area contributed by atoms with Gasteiger partial charge < -0.3 is 14.8 Å². The van der Waals surface area contributed by atoms with Gasteiger partial charge in [-0.15, -0.1) is 0 Å². The largest absolute Gasteiger partial charge is 0.503 e. The molecule has 3 rings (SSSR count). The first kappa shape index (κ1) is 14.4. The molecule has 0 atom stereocenters. The summed E-state index contributed by atoms with van der Waals surface area (Å²) in [5.74, 6) is 0.450. The van der Waals surface area contributed by atoms with E-state index in [0.717, 1.165) is 11.3 Å². The molecule has 0 aliphatic heterocycles. The molecule has 0 fully saturated rings. The van der Waals surface area contributed by atoms with Crippen LogP contribution in [0.2, 0.25) is 0 Å². The van der Waals surface area contributed by atoms with Crippen LogP contribution in [0.3, 0.4) is 0 Å². The van der Waals surface area contributed by atoms with Gasteiger partial charge in [-0.05, 0) is 29.3 Å². The Labute approximate surface area is 133 Å². The molecule has 0 amide bonds. The molecular weight excluding hydrogens is 294 g/mol. The van der Waals surface area contributed by atoms with Crippen LogP contribution in [0.1, 0.15) is 5.76 Å². The summed E-state index contributed by atoms with van der Waals surface area (Å²) in [6.45, 7) is 0.376. The maximum atomic E-state index is 9.83. The lowest BCUT2D eigenvalue weighted by atomic mass is 10.1. The van der Waals surface area contributed by atoms with E-state index in [-0.39, 0.29) is 5.75 Å². The van der Waals surface area contributed by atoms with Crippen LogP contribution in [0.25, 0.3) is 11.1 Å². The molecule has 3 aromatic rings. The zero-order chi connectivity index (χ0) is 15.4. The van der Waals surface area contributed by atoms with Crippen molar-refractivity contribution >= 4 is 17.9 Å².